The zero-order chi connectivity index (χ0) is 29.9. The van der Waals surface area contributed by atoms with Crippen LogP contribution in [0.15, 0.2) is 146 Å². The van der Waals surface area contributed by atoms with Gasteiger partial charge in [0.25, 0.3) is 0 Å². The quantitative estimate of drug-likeness (QED) is 0.225. The third-order valence-electron chi connectivity index (χ3n) is 9.29. The van der Waals surface area contributed by atoms with E-state index in [1.165, 1.54) is 21.9 Å². The van der Waals surface area contributed by atoms with Crippen LogP contribution in [0.4, 0.5) is 11.4 Å². The number of hydrogen-bond donors (Lipinski definition) is 1. The lowest BCUT2D eigenvalue weighted by molar-refractivity contribution is 0.477. The van der Waals surface area contributed by atoms with Crippen LogP contribution in [0.1, 0.15) is 11.1 Å². The lowest BCUT2D eigenvalue weighted by Gasteiger charge is -2.35. The first-order chi connectivity index (χ1) is 22.2. The van der Waals surface area contributed by atoms with Crippen molar-refractivity contribution >= 4 is 39.0 Å². The van der Waals surface area contributed by atoms with E-state index in [-0.39, 0.29) is 11.8 Å². The number of hydrogen-bond acceptors (Lipinski definition) is 3. The van der Waals surface area contributed by atoms with Gasteiger partial charge in [-0.1, -0.05) is 103 Å². The first kappa shape index (κ1) is 25.7. The molecule has 0 saturated carbocycles. The molecule has 7 aromatic rings. The zero-order valence-electron chi connectivity index (χ0n) is 24.5. The van der Waals surface area contributed by atoms with Crippen LogP contribution in [0.5, 0.6) is 17.2 Å². The number of phenols is 1. The molecule has 7 aromatic carbocycles. The molecule has 0 amide bonds. The van der Waals surface area contributed by atoms with Crippen molar-refractivity contribution in [1.82, 2.24) is 0 Å². The summed E-state index contributed by atoms with van der Waals surface area (Å²) in [6.07, 6.45) is 5.55. The second-order valence-electron chi connectivity index (χ2n) is 11.8. The molecule has 1 aliphatic carbocycles. The summed E-state index contributed by atoms with van der Waals surface area (Å²) in [6.45, 7) is 0. The number of phenolic OH excluding ortho intramolecular Hbond substituents is 1. The van der Waals surface area contributed by atoms with Crippen LogP contribution in [-0.4, -0.2) is 11.1 Å². The third-order valence-corrected chi connectivity index (χ3v) is 9.29. The maximum absolute atomic E-state index is 10.6. The fourth-order valence-corrected chi connectivity index (χ4v) is 7.22. The van der Waals surface area contributed by atoms with Crippen LogP contribution < -0.4 is 9.64 Å². The van der Waals surface area contributed by atoms with Crippen LogP contribution in [0.3, 0.4) is 0 Å². The summed E-state index contributed by atoms with van der Waals surface area (Å²) in [5.74, 6) is 1.94. The van der Waals surface area contributed by atoms with Gasteiger partial charge < -0.3 is 14.7 Å². The lowest BCUT2D eigenvalue weighted by atomic mass is 9.88. The smallest absolute Gasteiger partial charge is 0.137 e. The molecule has 45 heavy (non-hydrogen) atoms. The molecule has 1 aliphatic heterocycles. The van der Waals surface area contributed by atoms with Crippen LogP contribution >= 0.6 is 0 Å². The molecule has 3 nitrogen and oxygen atoms in total. The summed E-state index contributed by atoms with van der Waals surface area (Å²) in [5.41, 5.74) is 8.91. The second kappa shape index (κ2) is 10.1. The largest absolute Gasteiger partial charge is 0.507 e. The highest BCUT2D eigenvalue weighted by Crippen LogP contribution is 2.50. The molecular formula is C42H29NO2. The molecule has 0 radical (unpaired) electrons. The van der Waals surface area contributed by atoms with Crippen molar-refractivity contribution in [3.8, 4) is 39.5 Å². The molecule has 1 unspecified atom stereocenters. The van der Waals surface area contributed by atoms with Crippen molar-refractivity contribution < 1.29 is 9.84 Å². The van der Waals surface area contributed by atoms with Gasteiger partial charge in [0.15, 0.2) is 0 Å². The minimum atomic E-state index is 0.138. The van der Waals surface area contributed by atoms with Gasteiger partial charge in [-0.3, -0.25) is 0 Å². The highest BCUT2D eigenvalue weighted by molar-refractivity contribution is 6.10. The van der Waals surface area contributed by atoms with E-state index in [9.17, 15) is 5.11 Å². The topological polar surface area (TPSA) is 32.7 Å². The molecule has 0 spiro atoms. The molecule has 3 heteroatoms. The van der Waals surface area contributed by atoms with E-state index in [1.807, 2.05) is 24.3 Å². The molecule has 214 valence electrons. The number of nitrogens with zero attached hydrogens (tertiary/aromatic N) is 1. The molecule has 2 aliphatic rings. The SMILES string of the molecule is Oc1ccccc1-c1ccc2c3c(cccc13)-c1ccc(N(c3ccccc3)C3C=Cc4c(ccc5ccccc45)C3)cc1O2. The van der Waals surface area contributed by atoms with Gasteiger partial charge in [-0.2, -0.15) is 0 Å². The van der Waals surface area contributed by atoms with Crippen LogP contribution in [-0.2, 0) is 6.42 Å². The average Bonchev–Trinajstić information content (AvgIpc) is 3.09. The number of fused-ring (bicyclic) bond motifs is 5. The van der Waals surface area contributed by atoms with E-state index in [0.717, 1.165) is 62.3 Å². The van der Waals surface area contributed by atoms with Crippen molar-refractivity contribution in [2.75, 3.05) is 4.90 Å². The Bertz CT molecular complexity index is 2300. The van der Waals surface area contributed by atoms with E-state index < -0.39 is 0 Å². The van der Waals surface area contributed by atoms with Crippen LogP contribution in [0.2, 0.25) is 0 Å². The van der Waals surface area contributed by atoms with Gasteiger partial charge in [-0.25, -0.2) is 0 Å². The second-order valence-corrected chi connectivity index (χ2v) is 11.8. The Kier molecular flexibility index (Phi) is 5.79. The number of aromatic hydroxyl groups is 1. The maximum atomic E-state index is 10.6. The molecule has 1 atom stereocenters. The van der Waals surface area contributed by atoms with E-state index >= 15 is 0 Å². The minimum absolute atomic E-state index is 0.138. The molecule has 0 saturated heterocycles. The minimum Gasteiger partial charge on any atom is -0.507 e. The number of anilines is 2. The summed E-state index contributed by atoms with van der Waals surface area (Å²) in [4.78, 5) is 2.43. The van der Waals surface area contributed by atoms with E-state index in [2.05, 4.69) is 126 Å². The third kappa shape index (κ3) is 4.12. The summed E-state index contributed by atoms with van der Waals surface area (Å²) in [6, 6.07) is 48.5. The molecule has 0 fully saturated rings. The standard InChI is InChI=1S/C42H29NO2/c44-39-16-7-6-13-35(39)34-23-24-40-42-37(34)14-8-15-38(42)36-22-20-31(26-41(36)45-40)43(29-10-2-1-3-11-29)30-19-21-33-28(25-30)18-17-27-9-4-5-12-32(27)33/h1-24,26,30,44H,25H2. The molecule has 0 bridgehead atoms. The summed E-state index contributed by atoms with van der Waals surface area (Å²) >= 11 is 0. The Morgan fingerprint density at radius 1 is 0.578 bits per heavy atom. The normalized spacial score (nSPS) is 14.5. The monoisotopic (exact) mass is 579 g/mol. The predicted molar refractivity (Wildman–Crippen MR) is 186 cm³/mol. The number of benzene rings is 7. The Hall–Kier alpha value is -5.80. The lowest BCUT2D eigenvalue weighted by Crippen LogP contribution is -2.33. The van der Waals surface area contributed by atoms with Gasteiger partial charge in [0, 0.05) is 34.0 Å². The maximum Gasteiger partial charge on any atom is 0.137 e. The average molecular weight is 580 g/mol. The first-order valence-corrected chi connectivity index (χ1v) is 15.4. The zero-order valence-corrected chi connectivity index (χ0v) is 24.5. The predicted octanol–water partition coefficient (Wildman–Crippen LogP) is 10.9. The van der Waals surface area contributed by atoms with E-state index in [0.29, 0.717) is 0 Å². The van der Waals surface area contributed by atoms with Gasteiger partial charge in [0.05, 0.1) is 6.04 Å². The highest BCUT2D eigenvalue weighted by atomic mass is 16.5. The van der Waals surface area contributed by atoms with E-state index in [1.54, 1.807) is 6.07 Å². The Labute approximate surface area is 261 Å². The molecule has 1 N–H and O–H groups in total. The number of ether oxygens (including phenoxy) is 1. The van der Waals surface area contributed by atoms with Crippen LogP contribution in [0, 0.1) is 0 Å². The molecule has 9 rings (SSSR count). The molecular weight excluding hydrogens is 550 g/mol. The highest BCUT2D eigenvalue weighted by Gasteiger charge is 2.27. The summed E-state index contributed by atoms with van der Waals surface area (Å²) < 4.78 is 6.68. The first-order valence-electron chi connectivity index (χ1n) is 15.4. The summed E-state index contributed by atoms with van der Waals surface area (Å²) in [5, 5.41) is 15.3. The summed E-state index contributed by atoms with van der Waals surface area (Å²) in [7, 11) is 0. The van der Waals surface area contributed by atoms with Gasteiger partial charge in [-0.05, 0) is 87.3 Å². The number of rotatable bonds is 4. The Morgan fingerprint density at radius 3 is 2.27 bits per heavy atom. The van der Waals surface area contributed by atoms with Crippen LogP contribution in [0.25, 0.3) is 49.9 Å². The van der Waals surface area contributed by atoms with Crippen molar-refractivity contribution in [1.29, 1.82) is 0 Å². The Morgan fingerprint density at radius 2 is 1.36 bits per heavy atom. The van der Waals surface area contributed by atoms with Crippen molar-refractivity contribution in [3.05, 3.63) is 157 Å². The van der Waals surface area contributed by atoms with Gasteiger partial charge in [-0.15, -0.1) is 0 Å². The number of para-hydroxylation sites is 2. The fraction of sp³-hybridized carbons (Fsp3) is 0.0476. The van der Waals surface area contributed by atoms with Gasteiger partial charge in [0.2, 0.25) is 0 Å². The fourth-order valence-electron chi connectivity index (χ4n) is 7.22. The molecule has 1 heterocycles. The van der Waals surface area contributed by atoms with Crippen molar-refractivity contribution in [3.63, 3.8) is 0 Å². The van der Waals surface area contributed by atoms with Gasteiger partial charge >= 0.3 is 0 Å². The van der Waals surface area contributed by atoms with Gasteiger partial charge in [0.1, 0.15) is 17.2 Å². The van der Waals surface area contributed by atoms with Crippen molar-refractivity contribution in [2.24, 2.45) is 0 Å². The van der Waals surface area contributed by atoms with Crippen molar-refractivity contribution in [2.45, 2.75) is 12.5 Å². The van der Waals surface area contributed by atoms with E-state index in [4.69, 9.17) is 4.74 Å². The molecule has 0 aromatic heterocycles. The Balaban J connectivity index is 1.15.